The summed E-state index contributed by atoms with van der Waals surface area (Å²) < 4.78 is 39.3. The van der Waals surface area contributed by atoms with Crippen molar-refractivity contribution in [2.24, 2.45) is 5.10 Å². The molecule has 0 spiro atoms. The van der Waals surface area contributed by atoms with E-state index in [1.165, 1.54) is 42.2 Å². The van der Waals surface area contributed by atoms with Crippen LogP contribution < -0.4 is 14.5 Å². The van der Waals surface area contributed by atoms with Crippen LogP contribution in [-0.4, -0.2) is 44.9 Å². The number of nitrogens with zero attached hydrogens (tertiary/aromatic N) is 3. The molecule has 13 heteroatoms. The third-order valence-corrected chi connectivity index (χ3v) is 8.27. The number of nitro groups is 1. The summed E-state index contributed by atoms with van der Waals surface area (Å²) in [5.41, 5.74) is 3.20. The molecule has 0 aliphatic carbocycles. The van der Waals surface area contributed by atoms with Gasteiger partial charge in [-0.25, -0.2) is 13.8 Å². The van der Waals surface area contributed by atoms with E-state index in [0.29, 0.717) is 29.4 Å². The van der Waals surface area contributed by atoms with Crippen LogP contribution in [0, 0.1) is 10.1 Å². The topological polar surface area (TPSA) is 144 Å². The molecular formula is C28H26N4O7S2. The molecule has 41 heavy (non-hydrogen) atoms. The third-order valence-electron chi connectivity index (χ3n) is 5.74. The molecule has 0 aliphatic heterocycles. The van der Waals surface area contributed by atoms with Gasteiger partial charge in [-0.2, -0.15) is 5.10 Å². The Morgan fingerprint density at radius 1 is 1.05 bits per heavy atom. The van der Waals surface area contributed by atoms with E-state index in [1.807, 2.05) is 13.2 Å². The van der Waals surface area contributed by atoms with Gasteiger partial charge in [0.15, 0.2) is 0 Å². The number of furan rings is 1. The Morgan fingerprint density at radius 3 is 2.34 bits per heavy atom. The van der Waals surface area contributed by atoms with Gasteiger partial charge in [0.1, 0.15) is 23.8 Å². The van der Waals surface area contributed by atoms with Gasteiger partial charge in [0, 0.05) is 22.6 Å². The number of nitrogens with one attached hydrogen (secondary N) is 1. The molecule has 0 unspecified atom stereocenters. The molecule has 1 heterocycles. The maximum Gasteiger partial charge on any atom is 0.269 e. The molecule has 0 saturated carbocycles. The number of hydrogen-bond acceptors (Lipinski definition) is 9. The van der Waals surface area contributed by atoms with Crippen LogP contribution in [0.15, 0.2) is 104 Å². The van der Waals surface area contributed by atoms with E-state index >= 15 is 0 Å². The predicted molar refractivity (Wildman–Crippen MR) is 157 cm³/mol. The molecule has 4 rings (SSSR count). The van der Waals surface area contributed by atoms with Crippen molar-refractivity contribution < 1.29 is 27.3 Å². The number of amides is 1. The summed E-state index contributed by atoms with van der Waals surface area (Å²) in [6.45, 7) is 1.76. The molecule has 4 aromatic rings. The maximum absolute atomic E-state index is 13.6. The molecular weight excluding hydrogens is 568 g/mol. The Hall–Kier alpha value is -4.62. The van der Waals surface area contributed by atoms with Crippen LogP contribution in [0.2, 0.25) is 0 Å². The number of carbonyl (C=O) groups excluding carboxylic acids is 1. The Labute approximate surface area is 241 Å². The number of ether oxygens (including phenoxy) is 1. The number of nitro benzene ring substituents is 1. The highest BCUT2D eigenvalue weighted by Crippen LogP contribution is 2.27. The van der Waals surface area contributed by atoms with Crippen molar-refractivity contribution in [3.05, 3.63) is 101 Å². The molecule has 1 aromatic heterocycles. The van der Waals surface area contributed by atoms with Crippen LogP contribution in [-0.2, 0) is 14.8 Å². The Balaban J connectivity index is 1.49. The minimum absolute atomic E-state index is 0.0369. The Kier molecular flexibility index (Phi) is 9.42. The Morgan fingerprint density at radius 2 is 1.73 bits per heavy atom. The smallest absolute Gasteiger partial charge is 0.269 e. The van der Waals surface area contributed by atoms with Gasteiger partial charge >= 0.3 is 0 Å². The molecule has 0 radical (unpaired) electrons. The van der Waals surface area contributed by atoms with Crippen molar-refractivity contribution >= 4 is 45.3 Å². The quantitative estimate of drug-likeness (QED) is 0.100. The molecule has 11 nitrogen and oxygen atoms in total. The van der Waals surface area contributed by atoms with Crippen molar-refractivity contribution in [2.45, 2.75) is 16.7 Å². The van der Waals surface area contributed by atoms with Gasteiger partial charge in [-0.1, -0.05) is 0 Å². The first kappa shape index (κ1) is 29.4. The van der Waals surface area contributed by atoms with Crippen molar-refractivity contribution in [1.29, 1.82) is 0 Å². The second-order valence-electron chi connectivity index (χ2n) is 8.41. The summed E-state index contributed by atoms with van der Waals surface area (Å²) in [6, 6.07) is 21.9. The van der Waals surface area contributed by atoms with Gasteiger partial charge < -0.3 is 9.15 Å². The van der Waals surface area contributed by atoms with Crippen molar-refractivity contribution in [3.63, 3.8) is 0 Å². The van der Waals surface area contributed by atoms with Crippen molar-refractivity contribution in [3.8, 4) is 17.1 Å². The standard InChI is InChI=1S/C28H26N4O7S2/c1-3-38-23-10-8-21(9-11-23)31(41(36,37)26-15-13-25(40-2)14-16-26)19-28(33)30-29-18-24-12-17-27(39-24)20-4-6-22(7-5-20)32(34)35/h4-18H,3,19H2,1-2H3,(H,30,33)/b29-18+. The number of non-ortho nitro benzene ring substituents is 1. The fraction of sp³-hybridized carbons (Fsp3) is 0.143. The number of benzene rings is 3. The SMILES string of the molecule is CCOc1ccc(N(CC(=O)N/N=C/c2ccc(-c3ccc([N+](=O)[O-])cc3)o2)S(=O)(=O)c2ccc(SC)cc2)cc1. The molecule has 212 valence electrons. The van der Waals surface area contributed by atoms with E-state index in [9.17, 15) is 23.3 Å². The first-order chi connectivity index (χ1) is 19.7. The monoisotopic (exact) mass is 594 g/mol. The van der Waals surface area contributed by atoms with Crippen LogP contribution in [0.5, 0.6) is 5.75 Å². The maximum atomic E-state index is 13.6. The van der Waals surface area contributed by atoms with Gasteiger partial charge in [-0.05, 0) is 86.0 Å². The van der Waals surface area contributed by atoms with Crippen LogP contribution in [0.3, 0.4) is 0 Å². The molecule has 0 atom stereocenters. The number of rotatable bonds is 12. The van der Waals surface area contributed by atoms with Gasteiger partial charge in [0.2, 0.25) is 0 Å². The third kappa shape index (κ3) is 7.32. The summed E-state index contributed by atoms with van der Waals surface area (Å²) >= 11 is 1.48. The summed E-state index contributed by atoms with van der Waals surface area (Å²) in [5.74, 6) is 0.650. The molecule has 1 N–H and O–H groups in total. The van der Waals surface area contributed by atoms with Crippen LogP contribution in [0.25, 0.3) is 11.3 Å². The number of thioether (sulfide) groups is 1. The zero-order chi connectivity index (χ0) is 29.4. The van der Waals surface area contributed by atoms with E-state index in [-0.39, 0.29) is 16.3 Å². The zero-order valence-electron chi connectivity index (χ0n) is 22.1. The van der Waals surface area contributed by atoms with Crippen LogP contribution in [0.4, 0.5) is 11.4 Å². The predicted octanol–water partition coefficient (Wildman–Crippen LogP) is 5.32. The number of hydrazone groups is 1. The average Bonchev–Trinajstić information content (AvgIpc) is 3.45. The number of anilines is 1. The normalized spacial score (nSPS) is 11.4. The largest absolute Gasteiger partial charge is 0.494 e. The molecule has 0 aliphatic rings. The van der Waals surface area contributed by atoms with E-state index in [1.54, 1.807) is 60.7 Å². The van der Waals surface area contributed by atoms with Gasteiger partial charge in [0.05, 0.1) is 28.3 Å². The molecule has 0 saturated heterocycles. The highest BCUT2D eigenvalue weighted by Gasteiger charge is 2.27. The highest BCUT2D eigenvalue weighted by molar-refractivity contribution is 7.98. The zero-order valence-corrected chi connectivity index (χ0v) is 23.7. The van der Waals surface area contributed by atoms with E-state index in [2.05, 4.69) is 10.5 Å². The number of carbonyl (C=O) groups is 1. The Bertz CT molecular complexity index is 1630. The molecule has 0 bridgehead atoms. The van der Waals surface area contributed by atoms with Crippen LogP contribution in [0.1, 0.15) is 12.7 Å². The lowest BCUT2D eigenvalue weighted by atomic mass is 10.1. The van der Waals surface area contributed by atoms with Crippen molar-refractivity contribution in [2.75, 3.05) is 23.7 Å². The summed E-state index contributed by atoms with van der Waals surface area (Å²) in [6.07, 6.45) is 3.16. The lowest BCUT2D eigenvalue weighted by Gasteiger charge is -2.24. The highest BCUT2D eigenvalue weighted by atomic mass is 32.2. The molecule has 0 fully saturated rings. The molecule has 1 amide bonds. The number of sulfonamides is 1. The fourth-order valence-electron chi connectivity index (χ4n) is 3.72. The first-order valence-corrected chi connectivity index (χ1v) is 14.9. The number of hydrogen-bond donors (Lipinski definition) is 1. The second-order valence-corrected chi connectivity index (χ2v) is 11.2. The van der Waals surface area contributed by atoms with E-state index < -0.39 is 27.4 Å². The average molecular weight is 595 g/mol. The van der Waals surface area contributed by atoms with E-state index in [0.717, 1.165) is 9.20 Å². The van der Waals surface area contributed by atoms with Gasteiger partial charge in [-0.3, -0.25) is 19.2 Å². The lowest BCUT2D eigenvalue weighted by molar-refractivity contribution is -0.384. The summed E-state index contributed by atoms with van der Waals surface area (Å²) in [4.78, 5) is 24.1. The van der Waals surface area contributed by atoms with Gasteiger partial charge in [-0.15, -0.1) is 11.8 Å². The first-order valence-electron chi connectivity index (χ1n) is 12.3. The summed E-state index contributed by atoms with van der Waals surface area (Å²) in [5, 5.41) is 14.7. The van der Waals surface area contributed by atoms with E-state index in [4.69, 9.17) is 9.15 Å². The van der Waals surface area contributed by atoms with Gasteiger partial charge in [0.25, 0.3) is 21.6 Å². The second kappa shape index (κ2) is 13.2. The molecule has 3 aromatic carbocycles. The van der Waals surface area contributed by atoms with Crippen LogP contribution >= 0.6 is 11.8 Å². The fourth-order valence-corrected chi connectivity index (χ4v) is 5.55. The van der Waals surface area contributed by atoms with Crippen molar-refractivity contribution in [1.82, 2.24) is 5.43 Å². The minimum atomic E-state index is -4.10. The lowest BCUT2D eigenvalue weighted by Crippen LogP contribution is -2.39. The minimum Gasteiger partial charge on any atom is -0.494 e. The summed E-state index contributed by atoms with van der Waals surface area (Å²) in [7, 11) is -4.10.